The van der Waals surface area contributed by atoms with Crippen molar-refractivity contribution in [3.05, 3.63) is 41.2 Å². The number of fused-ring (bicyclic) bond motifs is 2. The Bertz CT molecular complexity index is 1440. The van der Waals surface area contributed by atoms with Crippen molar-refractivity contribution in [3.63, 3.8) is 0 Å². The molecule has 0 saturated heterocycles. The molecule has 0 bridgehead atoms. The Morgan fingerprint density at radius 1 is 1.44 bits per heavy atom. The number of imidazole rings is 1. The first kappa shape index (κ1) is 20.4. The maximum Gasteiger partial charge on any atom is 0.231 e. The summed E-state index contributed by atoms with van der Waals surface area (Å²) in [5.41, 5.74) is 1.62. The molecule has 1 aromatic carbocycles. The summed E-state index contributed by atoms with van der Waals surface area (Å²) < 4.78 is 34.7. The number of alkyl halides is 1. The van der Waals surface area contributed by atoms with Crippen molar-refractivity contribution in [3.8, 4) is 23.1 Å². The van der Waals surface area contributed by atoms with Crippen molar-refractivity contribution in [1.82, 2.24) is 24.6 Å². The van der Waals surface area contributed by atoms with E-state index in [0.29, 0.717) is 27.8 Å². The number of nitrogens with zero attached hydrogens (tertiary/aromatic N) is 4. The van der Waals surface area contributed by atoms with E-state index in [2.05, 4.69) is 37.3 Å². The van der Waals surface area contributed by atoms with Crippen LogP contribution in [0.15, 0.2) is 24.8 Å². The molecule has 1 aliphatic rings. The van der Waals surface area contributed by atoms with Crippen LogP contribution in [0.3, 0.4) is 0 Å². The van der Waals surface area contributed by atoms with Crippen LogP contribution in [0.1, 0.15) is 12.0 Å². The van der Waals surface area contributed by atoms with Gasteiger partial charge in [-0.15, -0.1) is 0 Å². The minimum atomic E-state index is -1.10. The van der Waals surface area contributed by atoms with Crippen molar-refractivity contribution >= 4 is 39.9 Å². The summed E-state index contributed by atoms with van der Waals surface area (Å²) in [5, 5.41) is 9.76. The van der Waals surface area contributed by atoms with Crippen LogP contribution in [0.2, 0.25) is 5.02 Å². The Labute approximate surface area is 184 Å². The highest BCUT2D eigenvalue weighted by Gasteiger charge is 2.43. The molecule has 1 fully saturated rings. The molecule has 2 atom stereocenters. The van der Waals surface area contributed by atoms with E-state index in [1.807, 2.05) is 0 Å². The van der Waals surface area contributed by atoms with E-state index in [-0.39, 0.29) is 29.4 Å². The van der Waals surface area contributed by atoms with Gasteiger partial charge in [0.15, 0.2) is 17.3 Å². The molecule has 32 heavy (non-hydrogen) atoms. The molecule has 11 heteroatoms. The highest BCUT2D eigenvalue weighted by atomic mass is 35.5. The van der Waals surface area contributed by atoms with Gasteiger partial charge >= 0.3 is 0 Å². The first-order chi connectivity index (χ1) is 15.5. The van der Waals surface area contributed by atoms with E-state index < -0.39 is 23.8 Å². The van der Waals surface area contributed by atoms with Crippen LogP contribution in [0.4, 0.5) is 14.6 Å². The minimum absolute atomic E-state index is 0.0863. The van der Waals surface area contributed by atoms with Gasteiger partial charge in [0.25, 0.3) is 0 Å². The normalized spacial score (nSPS) is 17.4. The maximum atomic E-state index is 15.1. The average molecular weight is 457 g/mol. The van der Waals surface area contributed by atoms with Crippen LogP contribution in [-0.2, 0) is 9.53 Å². The Morgan fingerprint density at radius 3 is 3.00 bits per heavy atom. The fraction of sp³-hybridized carbons (Fsp3) is 0.238. The number of hydrogen-bond donors (Lipinski definition) is 2. The Balaban J connectivity index is 1.56. The number of H-pyrrole nitrogens is 1. The lowest BCUT2D eigenvalue weighted by Gasteiger charge is -2.09. The number of ether oxygens (including phenoxy) is 1. The van der Waals surface area contributed by atoms with Gasteiger partial charge in [-0.25, -0.2) is 13.8 Å². The van der Waals surface area contributed by atoms with Crippen LogP contribution < -0.4 is 5.32 Å². The standard InChI is InChI=1S/C21H15ClF2N6O2/c1-32-4-2-3-10-19(24)18(22)17(12-6-26-29-20(10)12)14-8-30-9-15(27-16(30)7-25-14)28-21(31)11-5-13(11)23/h6-9,11,13H,4-5H2,1H3,(H,26,29)(H,28,31). The number of aromatic nitrogens is 5. The lowest BCUT2D eigenvalue weighted by molar-refractivity contribution is -0.117. The van der Waals surface area contributed by atoms with Crippen molar-refractivity contribution < 1.29 is 18.3 Å². The fourth-order valence-electron chi connectivity index (χ4n) is 3.42. The molecule has 2 unspecified atom stereocenters. The first-order valence-electron chi connectivity index (χ1n) is 9.59. The summed E-state index contributed by atoms with van der Waals surface area (Å²) in [6.07, 6.45) is 5.28. The summed E-state index contributed by atoms with van der Waals surface area (Å²) >= 11 is 6.39. The molecule has 8 nitrogen and oxygen atoms in total. The number of benzene rings is 1. The monoisotopic (exact) mass is 456 g/mol. The van der Waals surface area contributed by atoms with Gasteiger partial charge in [0, 0.05) is 24.3 Å². The summed E-state index contributed by atoms with van der Waals surface area (Å²) in [4.78, 5) is 20.6. The van der Waals surface area contributed by atoms with E-state index in [1.165, 1.54) is 19.5 Å². The van der Waals surface area contributed by atoms with E-state index in [4.69, 9.17) is 16.3 Å². The topological polar surface area (TPSA) is 97.2 Å². The first-order valence-corrected chi connectivity index (χ1v) is 9.97. The molecule has 4 aromatic rings. The zero-order chi connectivity index (χ0) is 22.4. The van der Waals surface area contributed by atoms with Gasteiger partial charge in [0.1, 0.15) is 12.8 Å². The minimum Gasteiger partial charge on any atom is -0.372 e. The SMILES string of the molecule is COCC#Cc1c(F)c(Cl)c(-c2cn3cc(NC(=O)C4CC4F)nc3cn2)c2cn[nH]c12. The lowest BCUT2D eigenvalue weighted by Crippen LogP contribution is -2.15. The largest absolute Gasteiger partial charge is 0.372 e. The third kappa shape index (κ3) is 3.45. The van der Waals surface area contributed by atoms with Gasteiger partial charge in [0.05, 0.1) is 46.3 Å². The van der Waals surface area contributed by atoms with Gasteiger partial charge in [-0.2, -0.15) is 5.10 Å². The number of carbonyl (C=O) groups excluding carboxylic acids is 1. The van der Waals surface area contributed by atoms with E-state index in [9.17, 15) is 9.18 Å². The molecule has 3 heterocycles. The molecule has 5 rings (SSSR count). The number of aromatic amines is 1. The molecular weight excluding hydrogens is 442 g/mol. The molecule has 1 amide bonds. The molecule has 1 aliphatic carbocycles. The number of nitrogens with one attached hydrogen (secondary N) is 2. The van der Waals surface area contributed by atoms with Crippen molar-refractivity contribution in [1.29, 1.82) is 0 Å². The molecule has 3 aromatic heterocycles. The van der Waals surface area contributed by atoms with Gasteiger partial charge < -0.3 is 14.5 Å². The Kier molecular flexibility index (Phi) is 5.00. The molecule has 2 N–H and O–H groups in total. The zero-order valence-electron chi connectivity index (χ0n) is 16.6. The van der Waals surface area contributed by atoms with E-state index in [0.717, 1.165) is 0 Å². The lowest BCUT2D eigenvalue weighted by atomic mass is 10.0. The quantitative estimate of drug-likeness (QED) is 0.459. The second-order valence-electron chi connectivity index (χ2n) is 7.28. The average Bonchev–Trinajstić information content (AvgIpc) is 3.14. The predicted octanol–water partition coefficient (Wildman–Crippen LogP) is 3.36. The third-order valence-electron chi connectivity index (χ3n) is 5.12. The predicted molar refractivity (Wildman–Crippen MR) is 113 cm³/mol. The summed E-state index contributed by atoms with van der Waals surface area (Å²) in [7, 11) is 1.49. The highest BCUT2D eigenvalue weighted by molar-refractivity contribution is 6.35. The van der Waals surface area contributed by atoms with Crippen LogP contribution >= 0.6 is 11.6 Å². The van der Waals surface area contributed by atoms with Gasteiger partial charge in [0.2, 0.25) is 5.91 Å². The Morgan fingerprint density at radius 2 is 2.25 bits per heavy atom. The smallest absolute Gasteiger partial charge is 0.231 e. The number of hydrogen-bond acceptors (Lipinski definition) is 5. The molecule has 162 valence electrons. The molecular formula is C21H15ClF2N6O2. The zero-order valence-corrected chi connectivity index (χ0v) is 17.4. The maximum absolute atomic E-state index is 15.1. The molecule has 0 aliphatic heterocycles. The number of carbonyl (C=O) groups is 1. The number of anilines is 1. The number of rotatable bonds is 4. The summed E-state index contributed by atoms with van der Waals surface area (Å²) in [6, 6.07) is 0. The van der Waals surface area contributed by atoms with Gasteiger partial charge in [-0.05, 0) is 6.42 Å². The third-order valence-corrected chi connectivity index (χ3v) is 5.47. The summed E-state index contributed by atoms with van der Waals surface area (Å²) in [6.45, 7) is 0.138. The van der Waals surface area contributed by atoms with Crippen LogP contribution in [-0.4, -0.2) is 50.4 Å². The van der Waals surface area contributed by atoms with Crippen LogP contribution in [0.5, 0.6) is 0 Å². The highest BCUT2D eigenvalue weighted by Crippen LogP contribution is 2.38. The second-order valence-corrected chi connectivity index (χ2v) is 7.66. The molecule has 0 spiro atoms. The Hall–Kier alpha value is -3.55. The molecule has 0 radical (unpaired) electrons. The van der Waals surface area contributed by atoms with Crippen molar-refractivity contribution in [2.24, 2.45) is 5.92 Å². The van der Waals surface area contributed by atoms with Crippen LogP contribution in [0, 0.1) is 23.6 Å². The number of halogens is 3. The number of amides is 1. The second kappa shape index (κ2) is 7.85. The van der Waals surface area contributed by atoms with Crippen molar-refractivity contribution in [2.45, 2.75) is 12.6 Å². The summed E-state index contributed by atoms with van der Waals surface area (Å²) in [5.74, 6) is 3.96. The van der Waals surface area contributed by atoms with E-state index in [1.54, 1.807) is 16.8 Å². The van der Waals surface area contributed by atoms with Gasteiger partial charge in [-0.3, -0.25) is 14.9 Å². The van der Waals surface area contributed by atoms with Gasteiger partial charge in [-0.1, -0.05) is 23.4 Å². The fourth-order valence-corrected chi connectivity index (χ4v) is 3.71. The van der Waals surface area contributed by atoms with E-state index >= 15 is 4.39 Å². The van der Waals surface area contributed by atoms with Crippen LogP contribution in [0.25, 0.3) is 27.8 Å². The number of methoxy groups -OCH3 is 1. The van der Waals surface area contributed by atoms with Crippen molar-refractivity contribution in [2.75, 3.05) is 19.0 Å². The molecule has 1 saturated carbocycles.